The van der Waals surface area contributed by atoms with E-state index in [1.807, 2.05) is 0 Å². The number of ether oxygens (including phenoxy) is 3. The van der Waals surface area contributed by atoms with Gasteiger partial charge in [-0.15, -0.1) is 0 Å². The van der Waals surface area contributed by atoms with Crippen LogP contribution in [0, 0.1) is 0 Å². The molecule has 0 rings (SSSR count). The van der Waals surface area contributed by atoms with E-state index >= 15 is 0 Å². The molecule has 0 aliphatic carbocycles. The van der Waals surface area contributed by atoms with E-state index in [1.54, 1.807) is 0 Å². The van der Waals surface area contributed by atoms with Gasteiger partial charge >= 0.3 is 17.9 Å². The summed E-state index contributed by atoms with van der Waals surface area (Å²) in [4.78, 5) is 38.3. The Kier molecular flexibility index (Phi) is 60.2. The fourth-order valence-corrected chi connectivity index (χ4v) is 9.71. The summed E-state index contributed by atoms with van der Waals surface area (Å²) in [5.41, 5.74) is 0. The van der Waals surface area contributed by atoms with Gasteiger partial charge in [0.1, 0.15) is 13.2 Å². The Morgan fingerprint density at radius 1 is 0.274 bits per heavy atom. The molecule has 0 spiro atoms. The second kappa shape index (κ2) is 62.2. The van der Waals surface area contributed by atoms with Crippen molar-refractivity contribution in [3.63, 3.8) is 0 Å². The topological polar surface area (TPSA) is 78.9 Å². The van der Waals surface area contributed by atoms with E-state index < -0.39 is 6.10 Å². The highest BCUT2D eigenvalue weighted by atomic mass is 16.6. The number of hydrogen-bond donors (Lipinski definition) is 0. The lowest BCUT2D eigenvalue weighted by atomic mass is 10.0. The van der Waals surface area contributed by atoms with Crippen LogP contribution in [0.4, 0.5) is 0 Å². The van der Waals surface area contributed by atoms with Crippen molar-refractivity contribution in [2.45, 2.75) is 361 Å². The summed E-state index contributed by atoms with van der Waals surface area (Å²) in [7, 11) is 0. The van der Waals surface area contributed by atoms with Crippen LogP contribution in [0.3, 0.4) is 0 Å². The van der Waals surface area contributed by atoms with Crippen LogP contribution >= 0.6 is 0 Å². The van der Waals surface area contributed by atoms with E-state index in [1.165, 1.54) is 244 Å². The summed E-state index contributed by atoms with van der Waals surface area (Å²) in [6, 6.07) is 0. The summed E-state index contributed by atoms with van der Waals surface area (Å²) in [6.07, 6.45) is 75.8. The molecule has 0 N–H and O–H groups in total. The lowest BCUT2D eigenvalue weighted by molar-refractivity contribution is -0.167. The quantitative estimate of drug-likeness (QED) is 0.0261. The number of unbranched alkanes of at least 4 members (excludes halogenated alkanes) is 43. The normalized spacial score (nSPS) is 12.2. The molecule has 6 heteroatoms. The van der Waals surface area contributed by atoms with Crippen molar-refractivity contribution in [3.8, 4) is 0 Å². The lowest BCUT2D eigenvalue weighted by Crippen LogP contribution is -2.30. The van der Waals surface area contributed by atoms with Crippen LogP contribution in [0.5, 0.6) is 0 Å². The maximum Gasteiger partial charge on any atom is 0.306 e. The van der Waals surface area contributed by atoms with Crippen molar-refractivity contribution >= 4 is 17.9 Å². The van der Waals surface area contributed by atoms with Gasteiger partial charge < -0.3 is 14.2 Å². The van der Waals surface area contributed by atoms with Crippen LogP contribution in [0.25, 0.3) is 0 Å². The molecule has 428 valence electrons. The molecule has 0 saturated heterocycles. The molecule has 0 amide bonds. The third kappa shape index (κ3) is 60.4. The van der Waals surface area contributed by atoms with Crippen molar-refractivity contribution in [3.05, 3.63) is 36.5 Å². The molecule has 0 aromatic carbocycles. The van der Waals surface area contributed by atoms with E-state index in [9.17, 15) is 14.4 Å². The minimum atomic E-state index is -0.776. The fraction of sp³-hybridized carbons (Fsp3) is 0.866. The van der Waals surface area contributed by atoms with Gasteiger partial charge in [-0.3, -0.25) is 14.4 Å². The van der Waals surface area contributed by atoms with Gasteiger partial charge in [0.2, 0.25) is 0 Å². The van der Waals surface area contributed by atoms with Crippen LogP contribution in [-0.4, -0.2) is 37.2 Å². The molecule has 0 unspecified atom stereocenters. The molecule has 0 bridgehead atoms. The Balaban J connectivity index is 4.30. The molecular formula is C67H124O6. The molecule has 0 radical (unpaired) electrons. The molecule has 6 nitrogen and oxygen atoms in total. The van der Waals surface area contributed by atoms with Crippen molar-refractivity contribution in [1.82, 2.24) is 0 Å². The van der Waals surface area contributed by atoms with Gasteiger partial charge in [0.15, 0.2) is 6.10 Å². The average molecular weight is 1030 g/mol. The second-order valence-corrected chi connectivity index (χ2v) is 22.0. The summed E-state index contributed by atoms with van der Waals surface area (Å²) < 4.78 is 16.9. The third-order valence-electron chi connectivity index (χ3n) is 14.6. The molecule has 0 saturated carbocycles. The smallest absolute Gasteiger partial charge is 0.306 e. The van der Waals surface area contributed by atoms with Crippen molar-refractivity contribution in [2.75, 3.05) is 13.2 Å². The van der Waals surface area contributed by atoms with E-state index in [0.717, 1.165) is 70.6 Å². The Morgan fingerprint density at radius 3 is 0.795 bits per heavy atom. The monoisotopic (exact) mass is 1020 g/mol. The Labute approximate surface area is 455 Å². The first-order valence-corrected chi connectivity index (χ1v) is 32.5. The molecule has 0 aromatic heterocycles. The van der Waals surface area contributed by atoms with Gasteiger partial charge in [-0.1, -0.05) is 295 Å². The highest BCUT2D eigenvalue weighted by Crippen LogP contribution is 2.18. The summed E-state index contributed by atoms with van der Waals surface area (Å²) >= 11 is 0. The standard InChI is InChI=1S/C67H124O6/c1-4-7-10-13-16-19-22-25-28-30-32-33-35-37-40-42-45-48-51-54-57-60-66(69)72-63-64(73-67(70)61-58-55-52-49-46-43-38-27-24-21-18-15-12-9-6-3)62-71-65(68)59-56-53-50-47-44-41-39-36-34-31-29-26-23-20-17-14-11-8-5-2/h17,20,26-27,29,38,64H,4-16,18-19,21-25,28,30-37,39-63H2,1-3H3/b20-17-,29-26-,38-27-/t64-/m1/s1. The molecule has 0 heterocycles. The predicted molar refractivity (Wildman–Crippen MR) is 316 cm³/mol. The van der Waals surface area contributed by atoms with Gasteiger partial charge in [-0.05, 0) is 77.0 Å². The fourth-order valence-electron chi connectivity index (χ4n) is 9.71. The number of rotatable bonds is 60. The van der Waals surface area contributed by atoms with Crippen LogP contribution in [0.2, 0.25) is 0 Å². The molecule has 0 fully saturated rings. The summed E-state index contributed by atoms with van der Waals surface area (Å²) in [5.74, 6) is -0.861. The second-order valence-electron chi connectivity index (χ2n) is 22.0. The first-order chi connectivity index (χ1) is 36.0. The molecule has 0 aromatic rings. The lowest BCUT2D eigenvalue weighted by Gasteiger charge is -2.18. The van der Waals surface area contributed by atoms with Gasteiger partial charge in [-0.2, -0.15) is 0 Å². The van der Waals surface area contributed by atoms with Crippen molar-refractivity contribution in [2.24, 2.45) is 0 Å². The maximum atomic E-state index is 12.9. The number of esters is 3. The highest BCUT2D eigenvalue weighted by Gasteiger charge is 2.19. The molecule has 0 aliphatic rings. The van der Waals surface area contributed by atoms with E-state index in [2.05, 4.69) is 57.2 Å². The van der Waals surface area contributed by atoms with Gasteiger partial charge in [0, 0.05) is 19.3 Å². The van der Waals surface area contributed by atoms with Crippen molar-refractivity contribution in [1.29, 1.82) is 0 Å². The zero-order chi connectivity index (χ0) is 52.9. The Morgan fingerprint density at radius 2 is 0.493 bits per heavy atom. The Hall–Kier alpha value is -2.37. The molecule has 73 heavy (non-hydrogen) atoms. The largest absolute Gasteiger partial charge is 0.462 e. The van der Waals surface area contributed by atoms with Crippen LogP contribution < -0.4 is 0 Å². The van der Waals surface area contributed by atoms with Crippen LogP contribution in [-0.2, 0) is 28.6 Å². The number of hydrogen-bond acceptors (Lipinski definition) is 6. The van der Waals surface area contributed by atoms with E-state index in [-0.39, 0.29) is 31.1 Å². The van der Waals surface area contributed by atoms with Gasteiger partial charge in [0.05, 0.1) is 0 Å². The molecule has 0 aliphatic heterocycles. The van der Waals surface area contributed by atoms with E-state index in [0.29, 0.717) is 19.3 Å². The number of carbonyl (C=O) groups excluding carboxylic acids is 3. The van der Waals surface area contributed by atoms with Crippen molar-refractivity contribution < 1.29 is 28.6 Å². The zero-order valence-corrected chi connectivity index (χ0v) is 49.2. The number of carbonyl (C=O) groups is 3. The third-order valence-corrected chi connectivity index (χ3v) is 14.6. The summed E-state index contributed by atoms with van der Waals surface area (Å²) in [6.45, 7) is 6.66. The summed E-state index contributed by atoms with van der Waals surface area (Å²) in [5, 5.41) is 0. The first-order valence-electron chi connectivity index (χ1n) is 32.5. The minimum absolute atomic E-state index is 0.0724. The zero-order valence-electron chi connectivity index (χ0n) is 49.2. The number of allylic oxidation sites excluding steroid dienone is 6. The molecule has 1 atom stereocenters. The maximum absolute atomic E-state index is 12.9. The van der Waals surface area contributed by atoms with Gasteiger partial charge in [-0.25, -0.2) is 0 Å². The first kappa shape index (κ1) is 70.6. The average Bonchev–Trinajstić information content (AvgIpc) is 3.39. The van der Waals surface area contributed by atoms with Crippen LogP contribution in [0.1, 0.15) is 355 Å². The highest BCUT2D eigenvalue weighted by molar-refractivity contribution is 5.71. The predicted octanol–water partition coefficient (Wildman–Crippen LogP) is 22.0. The van der Waals surface area contributed by atoms with Gasteiger partial charge in [0.25, 0.3) is 0 Å². The van der Waals surface area contributed by atoms with Crippen LogP contribution in [0.15, 0.2) is 36.5 Å². The molecular weight excluding hydrogens is 901 g/mol. The van der Waals surface area contributed by atoms with E-state index in [4.69, 9.17) is 14.2 Å². The minimum Gasteiger partial charge on any atom is -0.462 e. The Bertz CT molecular complexity index is 1220. The SMILES string of the molecule is CCCCC/C=C\C/C=C\CCCCCCCCCCCC(=O)OC[C@H](COC(=O)CCCCCCCCCCCCCCCCCCCCCCC)OC(=O)CCCCCCC/C=C\CCCCCCCC.